The van der Waals surface area contributed by atoms with Crippen LogP contribution in [0.3, 0.4) is 0 Å². The Morgan fingerprint density at radius 3 is 1.72 bits per heavy atom. The zero-order chi connectivity index (χ0) is 22.3. The Balaban J connectivity index is 0.000000308. The molecule has 0 atom stereocenters. The maximum absolute atomic E-state index is 13.1. The first-order chi connectivity index (χ1) is 13.5. The van der Waals surface area contributed by atoms with E-state index >= 15 is 0 Å². The molecule has 0 aliphatic carbocycles. The molecular formula is C18H11Cl5F2O4. The second-order valence-electron chi connectivity index (χ2n) is 5.17. The number of esters is 1. The SMILES string of the molecule is CCOC(=O)CC(=O)c1cc(F)c(Cl)cc1Cl.O=C(Cl)c1cc(F)c(Cl)cc1Cl. The Hall–Kier alpha value is -1.44. The normalized spacial score (nSPS) is 10.1. The molecule has 11 heteroatoms. The van der Waals surface area contributed by atoms with Crippen molar-refractivity contribution >= 4 is 75.0 Å². The summed E-state index contributed by atoms with van der Waals surface area (Å²) in [7, 11) is 0. The van der Waals surface area contributed by atoms with Gasteiger partial charge in [0.15, 0.2) is 5.78 Å². The Kier molecular flexibility index (Phi) is 10.3. The first-order valence-electron chi connectivity index (χ1n) is 7.65. The quantitative estimate of drug-likeness (QED) is 0.147. The van der Waals surface area contributed by atoms with Crippen molar-refractivity contribution in [2.45, 2.75) is 13.3 Å². The summed E-state index contributed by atoms with van der Waals surface area (Å²) in [5.41, 5.74) is -0.165. The van der Waals surface area contributed by atoms with Gasteiger partial charge in [0.25, 0.3) is 5.24 Å². The van der Waals surface area contributed by atoms with E-state index in [0.29, 0.717) is 0 Å². The van der Waals surface area contributed by atoms with E-state index in [2.05, 4.69) is 4.74 Å². The van der Waals surface area contributed by atoms with Crippen LogP contribution in [0.4, 0.5) is 8.78 Å². The fraction of sp³-hybridized carbons (Fsp3) is 0.167. The van der Waals surface area contributed by atoms with Gasteiger partial charge >= 0.3 is 5.97 Å². The first kappa shape index (κ1) is 25.6. The van der Waals surface area contributed by atoms with Crippen molar-refractivity contribution in [2.75, 3.05) is 6.61 Å². The smallest absolute Gasteiger partial charge is 0.313 e. The Bertz CT molecular complexity index is 950. The summed E-state index contributed by atoms with van der Waals surface area (Å²) in [5, 5.41) is -1.08. The van der Waals surface area contributed by atoms with Gasteiger partial charge in [-0.05, 0) is 42.8 Å². The van der Waals surface area contributed by atoms with Crippen LogP contribution in [0.2, 0.25) is 20.1 Å². The average Bonchev–Trinajstić information content (AvgIpc) is 2.61. The average molecular weight is 507 g/mol. The molecule has 0 spiro atoms. The number of Topliss-reactive ketones (excluding diaryl/α,β-unsaturated/α-hetero) is 1. The van der Waals surface area contributed by atoms with Crippen LogP contribution in [-0.2, 0) is 9.53 Å². The lowest BCUT2D eigenvalue weighted by atomic mass is 10.1. The molecule has 0 radical (unpaired) electrons. The van der Waals surface area contributed by atoms with Crippen LogP contribution < -0.4 is 0 Å². The Morgan fingerprint density at radius 1 is 0.828 bits per heavy atom. The van der Waals surface area contributed by atoms with E-state index in [1.807, 2.05) is 0 Å². The van der Waals surface area contributed by atoms with Crippen molar-refractivity contribution in [1.82, 2.24) is 0 Å². The minimum Gasteiger partial charge on any atom is -0.466 e. The van der Waals surface area contributed by atoms with E-state index in [-0.39, 0.29) is 37.8 Å². The molecule has 0 unspecified atom stereocenters. The number of ketones is 1. The van der Waals surface area contributed by atoms with Gasteiger partial charge in [-0.15, -0.1) is 0 Å². The van der Waals surface area contributed by atoms with Crippen LogP contribution in [0, 0.1) is 11.6 Å². The lowest BCUT2D eigenvalue weighted by Crippen LogP contribution is -2.12. The van der Waals surface area contributed by atoms with Crippen molar-refractivity contribution in [3.63, 3.8) is 0 Å². The highest BCUT2D eigenvalue weighted by Crippen LogP contribution is 2.26. The minimum atomic E-state index is -0.810. The van der Waals surface area contributed by atoms with Gasteiger partial charge in [0.05, 0.1) is 32.3 Å². The molecule has 0 bridgehead atoms. The highest BCUT2D eigenvalue weighted by molar-refractivity contribution is 6.68. The fourth-order valence-electron chi connectivity index (χ4n) is 1.85. The molecule has 2 rings (SSSR count). The summed E-state index contributed by atoms with van der Waals surface area (Å²) in [6.45, 7) is 1.80. The summed E-state index contributed by atoms with van der Waals surface area (Å²) in [4.78, 5) is 33.3. The molecule has 0 aromatic heterocycles. The molecule has 156 valence electrons. The van der Waals surface area contributed by atoms with Gasteiger partial charge in [-0.3, -0.25) is 14.4 Å². The third-order valence-corrected chi connectivity index (χ3v) is 4.55. The van der Waals surface area contributed by atoms with Gasteiger partial charge in [-0.1, -0.05) is 46.4 Å². The molecule has 0 saturated heterocycles. The van der Waals surface area contributed by atoms with Crippen LogP contribution in [0.5, 0.6) is 0 Å². The number of hydrogen-bond donors (Lipinski definition) is 0. The second-order valence-corrected chi connectivity index (χ2v) is 7.14. The van der Waals surface area contributed by atoms with Crippen molar-refractivity contribution in [2.24, 2.45) is 0 Å². The molecule has 29 heavy (non-hydrogen) atoms. The molecule has 0 saturated carbocycles. The van der Waals surface area contributed by atoms with Crippen LogP contribution in [0.1, 0.15) is 34.1 Å². The van der Waals surface area contributed by atoms with Crippen molar-refractivity contribution in [3.8, 4) is 0 Å². The topological polar surface area (TPSA) is 60.4 Å². The standard InChI is InChI=1S/C11H9Cl2FO3.C7H2Cl3FO/c1-2-17-11(16)5-10(15)6-3-9(14)8(13)4-7(6)12;8-4-2-5(9)6(11)1-3(4)7(10)12/h3-4H,2,5H2,1H3;1-2H. The minimum absolute atomic E-state index is 0.00528. The van der Waals surface area contributed by atoms with Gasteiger partial charge in [0, 0.05) is 5.56 Å². The summed E-state index contributed by atoms with van der Waals surface area (Å²) >= 11 is 27.2. The van der Waals surface area contributed by atoms with E-state index < -0.39 is 35.1 Å². The molecule has 0 amide bonds. The summed E-state index contributed by atoms with van der Waals surface area (Å²) in [6, 6.07) is 4.07. The molecule has 4 nitrogen and oxygen atoms in total. The maximum Gasteiger partial charge on any atom is 0.313 e. The van der Waals surface area contributed by atoms with Gasteiger partial charge in [-0.2, -0.15) is 0 Å². The number of carbonyl (C=O) groups excluding carboxylic acids is 3. The largest absolute Gasteiger partial charge is 0.466 e. The van der Waals surface area contributed by atoms with E-state index in [4.69, 9.17) is 58.0 Å². The molecular weight excluding hydrogens is 495 g/mol. The maximum atomic E-state index is 13.1. The molecule has 0 N–H and O–H groups in total. The van der Waals surface area contributed by atoms with Gasteiger partial charge < -0.3 is 4.74 Å². The van der Waals surface area contributed by atoms with Gasteiger partial charge in [0.2, 0.25) is 0 Å². The highest BCUT2D eigenvalue weighted by Gasteiger charge is 2.18. The summed E-state index contributed by atoms with van der Waals surface area (Å²) < 4.78 is 30.5. The number of benzene rings is 2. The van der Waals surface area contributed by atoms with E-state index in [9.17, 15) is 23.2 Å². The molecule has 0 aliphatic rings. The zero-order valence-electron chi connectivity index (χ0n) is 14.5. The predicted octanol–water partition coefficient (Wildman–Crippen LogP) is 6.78. The number of rotatable bonds is 5. The zero-order valence-corrected chi connectivity index (χ0v) is 18.3. The van der Waals surface area contributed by atoms with Crippen LogP contribution in [0.15, 0.2) is 24.3 Å². The van der Waals surface area contributed by atoms with Gasteiger partial charge in [0.1, 0.15) is 18.1 Å². The van der Waals surface area contributed by atoms with Crippen molar-refractivity contribution in [3.05, 3.63) is 67.1 Å². The molecule has 2 aromatic rings. The Labute approximate surface area is 189 Å². The molecule has 2 aromatic carbocycles. The van der Waals surface area contributed by atoms with Gasteiger partial charge in [-0.25, -0.2) is 8.78 Å². The Morgan fingerprint density at radius 2 is 1.28 bits per heavy atom. The number of hydrogen-bond acceptors (Lipinski definition) is 4. The third kappa shape index (κ3) is 7.72. The predicted molar refractivity (Wildman–Crippen MR) is 109 cm³/mol. The summed E-state index contributed by atoms with van der Waals surface area (Å²) in [5.74, 6) is -2.76. The molecule has 0 fully saturated rings. The van der Waals surface area contributed by atoms with Crippen LogP contribution in [0.25, 0.3) is 0 Å². The fourth-order valence-corrected chi connectivity index (χ4v) is 3.01. The van der Waals surface area contributed by atoms with Crippen molar-refractivity contribution < 1.29 is 27.9 Å². The number of ether oxygens (including phenoxy) is 1. The van der Waals surface area contributed by atoms with Crippen LogP contribution in [-0.4, -0.2) is 23.6 Å². The van der Waals surface area contributed by atoms with Crippen LogP contribution >= 0.6 is 58.0 Å². The van der Waals surface area contributed by atoms with Crippen molar-refractivity contribution in [1.29, 1.82) is 0 Å². The summed E-state index contributed by atoms with van der Waals surface area (Å²) in [6.07, 6.45) is -0.478. The van der Waals surface area contributed by atoms with E-state index in [1.54, 1.807) is 6.92 Å². The first-order valence-corrected chi connectivity index (χ1v) is 9.54. The third-order valence-electron chi connectivity index (χ3n) is 3.14. The molecule has 0 heterocycles. The lowest BCUT2D eigenvalue weighted by Gasteiger charge is -2.05. The number of carbonyl (C=O) groups is 3. The molecule has 0 aliphatic heterocycles. The lowest BCUT2D eigenvalue weighted by molar-refractivity contribution is -0.141. The van der Waals surface area contributed by atoms with E-state index in [1.165, 1.54) is 0 Å². The number of halogens is 7. The monoisotopic (exact) mass is 504 g/mol. The van der Waals surface area contributed by atoms with E-state index in [0.717, 1.165) is 24.3 Å². The second kappa shape index (κ2) is 11.7. The highest BCUT2D eigenvalue weighted by atomic mass is 35.5.